The van der Waals surface area contributed by atoms with Crippen molar-refractivity contribution in [1.82, 2.24) is 14.9 Å². The molecule has 0 fully saturated rings. The van der Waals surface area contributed by atoms with Crippen LogP contribution in [0.1, 0.15) is 22.5 Å². The van der Waals surface area contributed by atoms with Crippen molar-refractivity contribution in [2.75, 3.05) is 13.2 Å². The van der Waals surface area contributed by atoms with Crippen molar-refractivity contribution in [3.05, 3.63) is 40.7 Å². The quantitative estimate of drug-likeness (QED) is 0.796. The van der Waals surface area contributed by atoms with Gasteiger partial charge in [0.25, 0.3) is 0 Å². The Morgan fingerprint density at radius 1 is 1.23 bits per heavy atom. The maximum atomic E-state index is 12.2. The van der Waals surface area contributed by atoms with E-state index < -0.39 is 10.0 Å². The molecule has 6 nitrogen and oxygen atoms in total. The van der Waals surface area contributed by atoms with Gasteiger partial charge in [-0.15, -0.1) is 0 Å². The van der Waals surface area contributed by atoms with Crippen molar-refractivity contribution >= 4 is 10.0 Å². The van der Waals surface area contributed by atoms with E-state index in [0.717, 1.165) is 16.9 Å². The van der Waals surface area contributed by atoms with Crippen molar-refractivity contribution in [3.63, 3.8) is 0 Å². The Kier molecular flexibility index (Phi) is 4.87. The number of benzene rings is 1. The Bertz CT molecular complexity index is 747. The van der Waals surface area contributed by atoms with Crippen LogP contribution in [-0.4, -0.2) is 31.8 Å². The lowest BCUT2D eigenvalue weighted by molar-refractivity contribution is 0.320. The maximum absolute atomic E-state index is 12.2. The fourth-order valence-electron chi connectivity index (χ4n) is 2.21. The minimum absolute atomic E-state index is 0.194. The van der Waals surface area contributed by atoms with Crippen LogP contribution in [0.5, 0.6) is 5.75 Å². The van der Waals surface area contributed by atoms with Gasteiger partial charge in [-0.2, -0.15) is 5.10 Å². The summed E-state index contributed by atoms with van der Waals surface area (Å²) in [5.41, 5.74) is 3.11. The molecule has 0 amide bonds. The summed E-state index contributed by atoms with van der Waals surface area (Å²) < 4.78 is 32.7. The molecule has 0 aliphatic heterocycles. The van der Waals surface area contributed by atoms with Gasteiger partial charge in [0.05, 0.1) is 11.4 Å². The van der Waals surface area contributed by atoms with Crippen molar-refractivity contribution in [2.45, 2.75) is 32.6 Å². The van der Waals surface area contributed by atoms with Crippen LogP contribution in [0.4, 0.5) is 0 Å². The predicted octanol–water partition coefficient (Wildman–Crippen LogP) is 2.00. The van der Waals surface area contributed by atoms with Crippen LogP contribution >= 0.6 is 0 Å². The number of hydrogen-bond donors (Lipinski definition) is 2. The first-order chi connectivity index (χ1) is 10.3. The van der Waals surface area contributed by atoms with Gasteiger partial charge in [-0.05, 0) is 44.9 Å². The number of aryl methyl sites for hydroxylation is 4. The van der Waals surface area contributed by atoms with Gasteiger partial charge >= 0.3 is 0 Å². The number of hydrogen-bond acceptors (Lipinski definition) is 4. The van der Waals surface area contributed by atoms with Crippen LogP contribution in [0, 0.1) is 27.7 Å². The van der Waals surface area contributed by atoms with Crippen molar-refractivity contribution in [1.29, 1.82) is 0 Å². The number of sulfonamides is 1. The molecule has 7 heteroatoms. The number of nitrogens with one attached hydrogen (secondary N) is 2. The second-order valence-electron chi connectivity index (χ2n) is 5.28. The van der Waals surface area contributed by atoms with E-state index in [0.29, 0.717) is 11.4 Å². The summed E-state index contributed by atoms with van der Waals surface area (Å²) in [5, 5.41) is 6.58. The van der Waals surface area contributed by atoms with E-state index >= 15 is 0 Å². The highest BCUT2D eigenvalue weighted by atomic mass is 32.2. The van der Waals surface area contributed by atoms with Crippen molar-refractivity contribution < 1.29 is 13.2 Å². The number of aromatic amines is 1. The van der Waals surface area contributed by atoms with E-state index in [1.54, 1.807) is 13.8 Å². The molecule has 0 atom stereocenters. The summed E-state index contributed by atoms with van der Waals surface area (Å²) in [6.45, 7) is 7.74. The highest BCUT2D eigenvalue weighted by Crippen LogP contribution is 2.19. The summed E-state index contributed by atoms with van der Waals surface area (Å²) >= 11 is 0. The molecule has 2 rings (SSSR count). The maximum Gasteiger partial charge on any atom is 0.244 e. The molecule has 0 unspecified atom stereocenters. The molecule has 2 N–H and O–H groups in total. The topological polar surface area (TPSA) is 84.1 Å². The minimum Gasteiger partial charge on any atom is -0.492 e. The minimum atomic E-state index is -3.57. The third kappa shape index (κ3) is 3.66. The van der Waals surface area contributed by atoms with Crippen LogP contribution < -0.4 is 9.46 Å². The molecular weight excluding hydrogens is 302 g/mol. The highest BCUT2D eigenvalue weighted by Gasteiger charge is 2.21. The Balaban J connectivity index is 1.95. The van der Waals surface area contributed by atoms with Crippen LogP contribution in [0.15, 0.2) is 23.1 Å². The van der Waals surface area contributed by atoms with Gasteiger partial charge < -0.3 is 4.74 Å². The predicted molar refractivity (Wildman–Crippen MR) is 84.7 cm³/mol. The lowest BCUT2D eigenvalue weighted by Crippen LogP contribution is -2.29. The molecule has 1 aromatic carbocycles. The smallest absolute Gasteiger partial charge is 0.244 e. The SMILES string of the molecule is Cc1ccc(C)c(OCCNS(=O)(=O)c2c(C)n[nH]c2C)c1. The number of nitrogens with zero attached hydrogens (tertiary/aromatic N) is 1. The van der Waals surface area contributed by atoms with E-state index in [2.05, 4.69) is 14.9 Å². The molecule has 0 radical (unpaired) electrons. The lowest BCUT2D eigenvalue weighted by Gasteiger charge is -2.11. The summed E-state index contributed by atoms with van der Waals surface area (Å²) in [6, 6.07) is 5.93. The summed E-state index contributed by atoms with van der Waals surface area (Å²) in [5.74, 6) is 0.773. The number of rotatable bonds is 6. The summed E-state index contributed by atoms with van der Waals surface area (Å²) in [4.78, 5) is 0.208. The van der Waals surface area contributed by atoms with Crippen LogP contribution in [0.2, 0.25) is 0 Å². The molecule has 0 saturated carbocycles. The Hall–Kier alpha value is -1.86. The van der Waals surface area contributed by atoms with Gasteiger partial charge in [0, 0.05) is 6.54 Å². The third-order valence-corrected chi connectivity index (χ3v) is 5.05. The van der Waals surface area contributed by atoms with Gasteiger partial charge in [-0.25, -0.2) is 13.1 Å². The molecule has 0 aliphatic carbocycles. The number of H-pyrrole nitrogens is 1. The zero-order chi connectivity index (χ0) is 16.3. The van der Waals surface area contributed by atoms with Gasteiger partial charge in [0.1, 0.15) is 17.3 Å². The molecule has 0 saturated heterocycles. The average Bonchev–Trinajstić information content (AvgIpc) is 2.78. The zero-order valence-corrected chi connectivity index (χ0v) is 14.0. The fourth-order valence-corrected chi connectivity index (χ4v) is 3.59. The molecular formula is C15H21N3O3S. The van der Waals surface area contributed by atoms with Gasteiger partial charge in [0.2, 0.25) is 10.0 Å². The first-order valence-electron chi connectivity index (χ1n) is 7.02. The largest absolute Gasteiger partial charge is 0.492 e. The molecule has 1 heterocycles. The monoisotopic (exact) mass is 323 g/mol. The molecule has 0 spiro atoms. The highest BCUT2D eigenvalue weighted by molar-refractivity contribution is 7.89. The van der Waals surface area contributed by atoms with Gasteiger partial charge in [-0.1, -0.05) is 12.1 Å². The van der Waals surface area contributed by atoms with Gasteiger partial charge in [0.15, 0.2) is 0 Å². The van der Waals surface area contributed by atoms with Crippen LogP contribution in [0.25, 0.3) is 0 Å². The third-order valence-electron chi connectivity index (χ3n) is 3.32. The van der Waals surface area contributed by atoms with Gasteiger partial charge in [-0.3, -0.25) is 5.10 Å². The van der Waals surface area contributed by atoms with Crippen molar-refractivity contribution in [3.8, 4) is 5.75 Å². The second-order valence-corrected chi connectivity index (χ2v) is 6.98. The molecule has 120 valence electrons. The van der Waals surface area contributed by atoms with E-state index in [4.69, 9.17) is 4.74 Å². The normalized spacial score (nSPS) is 11.6. The Morgan fingerprint density at radius 2 is 1.95 bits per heavy atom. The first kappa shape index (κ1) is 16.5. The Morgan fingerprint density at radius 3 is 2.59 bits per heavy atom. The number of ether oxygens (including phenoxy) is 1. The zero-order valence-electron chi connectivity index (χ0n) is 13.2. The van der Waals surface area contributed by atoms with Crippen LogP contribution in [0.3, 0.4) is 0 Å². The molecule has 2 aromatic rings. The van der Waals surface area contributed by atoms with E-state index in [1.165, 1.54) is 0 Å². The van der Waals surface area contributed by atoms with E-state index in [-0.39, 0.29) is 18.0 Å². The first-order valence-corrected chi connectivity index (χ1v) is 8.51. The van der Waals surface area contributed by atoms with E-state index in [9.17, 15) is 8.42 Å². The molecule has 0 aliphatic rings. The average molecular weight is 323 g/mol. The lowest BCUT2D eigenvalue weighted by atomic mass is 10.1. The fraction of sp³-hybridized carbons (Fsp3) is 0.400. The Labute approximate surface area is 130 Å². The molecule has 22 heavy (non-hydrogen) atoms. The number of aromatic nitrogens is 2. The molecule has 0 bridgehead atoms. The van der Waals surface area contributed by atoms with Crippen LogP contribution in [-0.2, 0) is 10.0 Å². The summed E-state index contributed by atoms with van der Waals surface area (Å²) in [6.07, 6.45) is 0. The standard InChI is InChI=1S/C15H21N3O3S/c1-10-5-6-11(2)14(9-10)21-8-7-16-22(19,20)15-12(3)17-18-13(15)4/h5-6,9,16H,7-8H2,1-4H3,(H,17,18). The second kappa shape index (κ2) is 6.50. The van der Waals surface area contributed by atoms with Crippen molar-refractivity contribution in [2.24, 2.45) is 0 Å². The molecule has 1 aromatic heterocycles. The van der Waals surface area contributed by atoms with E-state index in [1.807, 2.05) is 32.0 Å². The summed E-state index contributed by atoms with van der Waals surface area (Å²) in [7, 11) is -3.57.